The number of benzene rings is 1. The second-order valence-electron chi connectivity index (χ2n) is 3.60. The van der Waals surface area contributed by atoms with Gasteiger partial charge in [0.25, 0.3) is 0 Å². The maximum atomic E-state index is 11.9. The zero-order valence-electron chi connectivity index (χ0n) is 9.41. The average molecular weight is 261 g/mol. The van der Waals surface area contributed by atoms with Crippen molar-refractivity contribution in [2.75, 3.05) is 5.75 Å². The lowest BCUT2D eigenvalue weighted by Crippen LogP contribution is -2.02. The molecular weight excluding hydrogens is 250 g/mol. The number of ketones is 1. The number of pyridine rings is 1. The van der Waals surface area contributed by atoms with E-state index in [4.69, 9.17) is 5.11 Å². The van der Waals surface area contributed by atoms with Crippen molar-refractivity contribution in [2.45, 2.75) is 4.90 Å². The van der Waals surface area contributed by atoms with E-state index >= 15 is 0 Å². The minimum Gasteiger partial charge on any atom is -0.508 e. The van der Waals surface area contributed by atoms with Gasteiger partial charge in [0.05, 0.1) is 11.3 Å². The summed E-state index contributed by atoms with van der Waals surface area (Å²) in [4.78, 5) is 16.7. The summed E-state index contributed by atoms with van der Waals surface area (Å²) in [5.74, 6) is -0.224. The van der Waals surface area contributed by atoms with Crippen LogP contribution in [0, 0.1) is 0 Å². The number of carbonyl (C=O) groups is 1. The van der Waals surface area contributed by atoms with E-state index < -0.39 is 0 Å². The molecule has 0 spiro atoms. The van der Waals surface area contributed by atoms with Crippen LogP contribution in [0.2, 0.25) is 0 Å². The van der Waals surface area contributed by atoms with E-state index in [0.29, 0.717) is 0 Å². The lowest BCUT2D eigenvalue weighted by atomic mass is 10.1. The summed E-state index contributed by atoms with van der Waals surface area (Å²) in [5.41, 5.74) is 0.217. The fourth-order valence-corrected chi connectivity index (χ4v) is 2.18. The van der Waals surface area contributed by atoms with Gasteiger partial charge in [0, 0.05) is 23.4 Å². The topological polar surface area (TPSA) is 70.4 Å². The number of carbonyl (C=O) groups excluding carboxylic acids is 1. The molecule has 4 nitrogen and oxygen atoms in total. The first kappa shape index (κ1) is 12.4. The van der Waals surface area contributed by atoms with Gasteiger partial charge in [-0.15, -0.1) is 11.8 Å². The molecule has 0 bridgehead atoms. The number of phenolic OH excluding ortho intramolecular Hbond substituents is 2. The number of thioether (sulfide) groups is 1. The molecular formula is C13H11NO3S. The molecule has 2 aromatic rings. The molecule has 0 unspecified atom stereocenters. The Morgan fingerprint density at radius 1 is 1.17 bits per heavy atom. The summed E-state index contributed by atoms with van der Waals surface area (Å²) in [5, 5.41) is 18.7. The molecule has 92 valence electrons. The minimum atomic E-state index is -0.199. The predicted molar refractivity (Wildman–Crippen MR) is 69.1 cm³/mol. The van der Waals surface area contributed by atoms with E-state index in [1.807, 2.05) is 12.1 Å². The average Bonchev–Trinajstić information content (AvgIpc) is 2.37. The van der Waals surface area contributed by atoms with Crippen LogP contribution in [0.4, 0.5) is 0 Å². The molecule has 0 amide bonds. The first-order valence-corrected chi connectivity index (χ1v) is 6.23. The lowest BCUT2D eigenvalue weighted by Gasteiger charge is -2.04. The Morgan fingerprint density at radius 3 is 2.56 bits per heavy atom. The number of phenols is 2. The second-order valence-corrected chi connectivity index (χ2v) is 4.64. The van der Waals surface area contributed by atoms with Crippen LogP contribution in [-0.2, 0) is 0 Å². The van der Waals surface area contributed by atoms with Crippen molar-refractivity contribution in [3.63, 3.8) is 0 Å². The van der Waals surface area contributed by atoms with Gasteiger partial charge in [-0.05, 0) is 24.3 Å². The highest BCUT2D eigenvalue weighted by Gasteiger charge is 2.11. The third-order valence-corrected chi connectivity index (χ3v) is 3.31. The third kappa shape index (κ3) is 3.01. The van der Waals surface area contributed by atoms with Gasteiger partial charge < -0.3 is 10.2 Å². The number of hydrogen-bond acceptors (Lipinski definition) is 5. The number of hydrogen-bond donors (Lipinski definition) is 2. The monoisotopic (exact) mass is 261 g/mol. The third-order valence-electron chi connectivity index (χ3n) is 2.30. The quantitative estimate of drug-likeness (QED) is 0.653. The molecule has 0 saturated carbocycles. The van der Waals surface area contributed by atoms with Gasteiger partial charge in [-0.3, -0.25) is 9.78 Å². The zero-order valence-corrected chi connectivity index (χ0v) is 10.2. The first-order valence-electron chi connectivity index (χ1n) is 5.25. The summed E-state index contributed by atoms with van der Waals surface area (Å²) in [6, 6.07) is 7.58. The van der Waals surface area contributed by atoms with Crippen LogP contribution in [0.1, 0.15) is 10.4 Å². The molecule has 0 aliphatic heterocycles. The smallest absolute Gasteiger partial charge is 0.176 e. The van der Waals surface area contributed by atoms with Crippen molar-refractivity contribution >= 4 is 17.5 Å². The van der Waals surface area contributed by atoms with E-state index in [-0.39, 0.29) is 28.6 Å². The van der Waals surface area contributed by atoms with Gasteiger partial charge >= 0.3 is 0 Å². The van der Waals surface area contributed by atoms with Gasteiger partial charge in [-0.25, -0.2) is 0 Å². The molecule has 1 aromatic heterocycles. The Morgan fingerprint density at radius 2 is 1.89 bits per heavy atom. The maximum absolute atomic E-state index is 11.9. The largest absolute Gasteiger partial charge is 0.508 e. The molecule has 0 saturated heterocycles. The molecule has 2 N–H and O–H groups in total. The van der Waals surface area contributed by atoms with Crippen LogP contribution in [0.15, 0.2) is 47.6 Å². The predicted octanol–water partition coefficient (Wildman–Crippen LogP) is 2.47. The Balaban J connectivity index is 2.04. The minimum absolute atomic E-state index is 0.0640. The molecule has 5 heteroatoms. The summed E-state index contributed by atoms with van der Waals surface area (Å²) < 4.78 is 0. The fraction of sp³-hybridized carbons (Fsp3) is 0.0769. The Kier molecular flexibility index (Phi) is 3.84. The molecule has 18 heavy (non-hydrogen) atoms. The normalized spacial score (nSPS) is 10.2. The van der Waals surface area contributed by atoms with Crippen molar-refractivity contribution < 1.29 is 15.0 Å². The van der Waals surface area contributed by atoms with E-state index in [2.05, 4.69) is 4.98 Å². The second kappa shape index (κ2) is 5.55. The first-order chi connectivity index (χ1) is 8.66. The van der Waals surface area contributed by atoms with Crippen molar-refractivity contribution in [2.24, 2.45) is 0 Å². The highest BCUT2D eigenvalue weighted by atomic mass is 32.2. The van der Waals surface area contributed by atoms with E-state index in [1.54, 1.807) is 12.4 Å². The fourth-order valence-electron chi connectivity index (χ4n) is 1.42. The number of rotatable bonds is 4. The number of aromatic nitrogens is 1. The zero-order chi connectivity index (χ0) is 13.0. The Hall–Kier alpha value is -2.01. The maximum Gasteiger partial charge on any atom is 0.176 e. The van der Waals surface area contributed by atoms with Crippen LogP contribution in [-0.4, -0.2) is 26.7 Å². The van der Waals surface area contributed by atoms with Crippen LogP contribution in [0.3, 0.4) is 0 Å². The molecule has 0 aliphatic carbocycles. The standard InChI is InChI=1S/C13H11NO3S/c15-9-1-2-11(12(16)7-9)13(17)8-18-10-3-5-14-6-4-10/h1-7,15-16H,8H2. The summed E-state index contributed by atoms with van der Waals surface area (Å²) in [6.07, 6.45) is 3.32. The van der Waals surface area contributed by atoms with Crippen molar-refractivity contribution in [3.8, 4) is 11.5 Å². The van der Waals surface area contributed by atoms with Gasteiger partial charge in [0.2, 0.25) is 0 Å². The van der Waals surface area contributed by atoms with Crippen molar-refractivity contribution in [1.29, 1.82) is 0 Å². The van der Waals surface area contributed by atoms with Gasteiger partial charge in [0.1, 0.15) is 11.5 Å². The van der Waals surface area contributed by atoms with E-state index in [9.17, 15) is 9.90 Å². The van der Waals surface area contributed by atoms with Gasteiger partial charge in [-0.2, -0.15) is 0 Å². The highest BCUT2D eigenvalue weighted by molar-refractivity contribution is 8.00. The van der Waals surface area contributed by atoms with Crippen molar-refractivity contribution in [3.05, 3.63) is 48.3 Å². The van der Waals surface area contributed by atoms with Crippen molar-refractivity contribution in [1.82, 2.24) is 4.98 Å². The SMILES string of the molecule is O=C(CSc1ccncc1)c1ccc(O)cc1O. The Labute approximate surface area is 108 Å². The summed E-state index contributed by atoms with van der Waals surface area (Å²) >= 11 is 1.37. The van der Waals surface area contributed by atoms with Crippen LogP contribution in [0.25, 0.3) is 0 Å². The Bertz CT molecular complexity index is 557. The number of nitrogens with zero attached hydrogens (tertiary/aromatic N) is 1. The molecule has 0 aliphatic rings. The molecule has 2 rings (SSSR count). The van der Waals surface area contributed by atoms with Gasteiger partial charge in [0.15, 0.2) is 5.78 Å². The summed E-state index contributed by atoms with van der Waals surface area (Å²) in [6.45, 7) is 0. The molecule has 0 atom stereocenters. The number of Topliss-reactive ketones (excluding diaryl/α,β-unsaturated/α-hetero) is 1. The number of aromatic hydroxyl groups is 2. The summed E-state index contributed by atoms with van der Waals surface area (Å²) in [7, 11) is 0. The van der Waals surface area contributed by atoms with Gasteiger partial charge in [-0.1, -0.05) is 0 Å². The van der Waals surface area contributed by atoms with E-state index in [0.717, 1.165) is 11.0 Å². The molecule has 1 heterocycles. The van der Waals surface area contributed by atoms with E-state index in [1.165, 1.54) is 23.9 Å². The molecule has 0 radical (unpaired) electrons. The van der Waals surface area contributed by atoms with Crippen LogP contribution in [0.5, 0.6) is 11.5 Å². The lowest BCUT2D eigenvalue weighted by molar-refractivity contribution is 0.102. The highest BCUT2D eigenvalue weighted by Crippen LogP contribution is 2.25. The molecule has 1 aromatic carbocycles. The molecule has 0 fully saturated rings. The van der Waals surface area contributed by atoms with Crippen LogP contribution >= 0.6 is 11.8 Å². The van der Waals surface area contributed by atoms with Crippen LogP contribution < -0.4 is 0 Å².